The summed E-state index contributed by atoms with van der Waals surface area (Å²) in [6.07, 6.45) is 3.92. The van der Waals surface area contributed by atoms with Crippen molar-refractivity contribution < 1.29 is 0 Å². The lowest BCUT2D eigenvalue weighted by Gasteiger charge is -2.33. The minimum absolute atomic E-state index is 0.519. The van der Waals surface area contributed by atoms with Crippen molar-refractivity contribution in [1.82, 2.24) is 5.32 Å². The zero-order chi connectivity index (χ0) is 7.73. The van der Waals surface area contributed by atoms with E-state index in [2.05, 4.69) is 17.2 Å². The van der Waals surface area contributed by atoms with E-state index in [0.29, 0.717) is 5.41 Å². The fourth-order valence-corrected chi connectivity index (χ4v) is 2.30. The van der Waals surface area contributed by atoms with E-state index in [1.165, 1.54) is 38.1 Å². The predicted molar refractivity (Wildman–Crippen MR) is 47.1 cm³/mol. The van der Waals surface area contributed by atoms with Gasteiger partial charge in [0.05, 0.1) is 0 Å². The summed E-state index contributed by atoms with van der Waals surface area (Å²) in [6.45, 7) is 5.66. The van der Waals surface area contributed by atoms with Crippen LogP contribution in [-0.2, 0) is 0 Å². The monoisotopic (exact) mass is 152 g/mol. The lowest BCUT2D eigenvalue weighted by Crippen LogP contribution is -2.39. The number of rotatable bonds is 0. The van der Waals surface area contributed by atoms with Crippen molar-refractivity contribution in [1.29, 1.82) is 0 Å². The Hall–Kier alpha value is -0.370. The summed E-state index contributed by atoms with van der Waals surface area (Å²) in [6, 6.07) is 0. The molecule has 2 nitrogen and oxygen atoms in total. The first-order chi connectivity index (χ1) is 5.33. The Balaban J connectivity index is 2.14. The second-order valence-corrected chi connectivity index (χ2v) is 3.75. The van der Waals surface area contributed by atoms with Crippen molar-refractivity contribution in [2.45, 2.75) is 26.2 Å². The molecule has 2 aliphatic rings. The number of aliphatic imine (C=N–C) groups is 1. The van der Waals surface area contributed by atoms with Crippen LogP contribution in [0.25, 0.3) is 0 Å². The lowest BCUT2D eigenvalue weighted by atomic mass is 9.74. The maximum absolute atomic E-state index is 4.50. The van der Waals surface area contributed by atoms with Gasteiger partial charge >= 0.3 is 0 Å². The van der Waals surface area contributed by atoms with Crippen LogP contribution in [0.2, 0.25) is 0 Å². The molecular weight excluding hydrogens is 136 g/mol. The first-order valence-corrected chi connectivity index (χ1v) is 4.56. The highest BCUT2D eigenvalue weighted by atomic mass is 14.9. The van der Waals surface area contributed by atoms with Gasteiger partial charge in [0.2, 0.25) is 0 Å². The number of nitrogens with one attached hydrogen (secondary N) is 1. The van der Waals surface area contributed by atoms with E-state index in [-0.39, 0.29) is 0 Å². The quantitative estimate of drug-likeness (QED) is 0.554. The lowest BCUT2D eigenvalue weighted by molar-refractivity contribution is 0.297. The van der Waals surface area contributed by atoms with Crippen LogP contribution < -0.4 is 5.32 Å². The molecule has 0 aromatic carbocycles. The normalized spacial score (nSPS) is 29.0. The maximum atomic E-state index is 4.50. The third-order valence-corrected chi connectivity index (χ3v) is 3.27. The molecule has 62 valence electrons. The number of nitrogens with zero attached hydrogens (tertiary/aromatic N) is 1. The van der Waals surface area contributed by atoms with Crippen molar-refractivity contribution in [2.24, 2.45) is 10.4 Å². The third kappa shape index (κ3) is 1.09. The Morgan fingerprint density at radius 3 is 2.55 bits per heavy atom. The molecule has 1 saturated heterocycles. The molecule has 2 rings (SSSR count). The molecule has 1 spiro atoms. The van der Waals surface area contributed by atoms with Crippen LogP contribution in [-0.4, -0.2) is 25.3 Å². The van der Waals surface area contributed by atoms with Gasteiger partial charge in [-0.15, -0.1) is 0 Å². The molecule has 0 aliphatic carbocycles. The van der Waals surface area contributed by atoms with Gasteiger partial charge in [-0.05, 0) is 39.3 Å². The minimum atomic E-state index is 0.519. The predicted octanol–water partition coefficient (Wildman–Crippen LogP) is 1.22. The Labute approximate surface area is 68.1 Å². The zero-order valence-corrected chi connectivity index (χ0v) is 7.19. The molecule has 0 saturated carbocycles. The Morgan fingerprint density at radius 2 is 2.00 bits per heavy atom. The van der Waals surface area contributed by atoms with Crippen molar-refractivity contribution in [3.8, 4) is 0 Å². The molecule has 0 bridgehead atoms. The van der Waals surface area contributed by atoms with Crippen LogP contribution in [0.4, 0.5) is 0 Å². The molecule has 2 heterocycles. The van der Waals surface area contributed by atoms with Gasteiger partial charge in [0, 0.05) is 17.7 Å². The van der Waals surface area contributed by atoms with E-state index in [9.17, 15) is 0 Å². The Kier molecular flexibility index (Phi) is 1.72. The SMILES string of the molecule is CC1=NCCC12CCNCC2. The van der Waals surface area contributed by atoms with E-state index in [1.807, 2.05) is 0 Å². The summed E-state index contributed by atoms with van der Waals surface area (Å²) in [5.41, 5.74) is 1.93. The van der Waals surface area contributed by atoms with Crippen molar-refractivity contribution >= 4 is 5.71 Å². The van der Waals surface area contributed by atoms with Gasteiger partial charge in [0.1, 0.15) is 0 Å². The van der Waals surface area contributed by atoms with Gasteiger partial charge in [0.25, 0.3) is 0 Å². The van der Waals surface area contributed by atoms with Crippen LogP contribution in [0, 0.1) is 5.41 Å². The average Bonchev–Trinajstić information content (AvgIpc) is 2.36. The van der Waals surface area contributed by atoms with Crippen LogP contribution >= 0.6 is 0 Å². The van der Waals surface area contributed by atoms with Crippen LogP contribution in [0.1, 0.15) is 26.2 Å². The molecule has 0 aromatic rings. The van der Waals surface area contributed by atoms with E-state index in [0.717, 1.165) is 6.54 Å². The van der Waals surface area contributed by atoms with Gasteiger partial charge < -0.3 is 5.32 Å². The summed E-state index contributed by atoms with van der Waals surface area (Å²) in [4.78, 5) is 4.50. The second-order valence-electron chi connectivity index (χ2n) is 3.75. The smallest absolute Gasteiger partial charge is 0.0397 e. The fraction of sp³-hybridized carbons (Fsp3) is 0.889. The molecule has 2 heteroatoms. The summed E-state index contributed by atoms with van der Waals surface area (Å²) < 4.78 is 0. The highest BCUT2D eigenvalue weighted by molar-refractivity contribution is 5.89. The molecule has 1 fully saturated rings. The summed E-state index contributed by atoms with van der Waals surface area (Å²) >= 11 is 0. The summed E-state index contributed by atoms with van der Waals surface area (Å²) in [7, 11) is 0. The number of piperidine rings is 1. The van der Waals surface area contributed by atoms with E-state index >= 15 is 0 Å². The summed E-state index contributed by atoms with van der Waals surface area (Å²) in [5.74, 6) is 0. The van der Waals surface area contributed by atoms with E-state index in [4.69, 9.17) is 0 Å². The average molecular weight is 152 g/mol. The number of hydrogen-bond donors (Lipinski definition) is 1. The molecule has 2 aliphatic heterocycles. The van der Waals surface area contributed by atoms with Crippen molar-refractivity contribution in [2.75, 3.05) is 19.6 Å². The third-order valence-electron chi connectivity index (χ3n) is 3.27. The van der Waals surface area contributed by atoms with Gasteiger partial charge in [0.15, 0.2) is 0 Å². The maximum Gasteiger partial charge on any atom is 0.0397 e. The molecule has 0 atom stereocenters. The second kappa shape index (κ2) is 2.59. The van der Waals surface area contributed by atoms with Gasteiger partial charge in [-0.2, -0.15) is 0 Å². The molecule has 0 aromatic heterocycles. The van der Waals surface area contributed by atoms with E-state index < -0.39 is 0 Å². The Morgan fingerprint density at radius 1 is 1.27 bits per heavy atom. The minimum Gasteiger partial charge on any atom is -0.317 e. The zero-order valence-electron chi connectivity index (χ0n) is 7.19. The molecule has 1 N–H and O–H groups in total. The van der Waals surface area contributed by atoms with Gasteiger partial charge in [-0.25, -0.2) is 0 Å². The molecule has 0 amide bonds. The number of hydrogen-bond acceptors (Lipinski definition) is 2. The molecule has 0 radical (unpaired) electrons. The molecule has 0 unspecified atom stereocenters. The van der Waals surface area contributed by atoms with E-state index in [1.54, 1.807) is 0 Å². The summed E-state index contributed by atoms with van der Waals surface area (Å²) in [5, 5.41) is 3.40. The van der Waals surface area contributed by atoms with Crippen LogP contribution in [0.15, 0.2) is 4.99 Å². The highest BCUT2D eigenvalue weighted by Crippen LogP contribution is 2.37. The van der Waals surface area contributed by atoms with Crippen LogP contribution in [0.5, 0.6) is 0 Å². The highest BCUT2D eigenvalue weighted by Gasteiger charge is 2.37. The Bertz CT molecular complexity index is 178. The van der Waals surface area contributed by atoms with Gasteiger partial charge in [-0.3, -0.25) is 4.99 Å². The first-order valence-electron chi connectivity index (χ1n) is 4.56. The fourth-order valence-electron chi connectivity index (χ4n) is 2.30. The largest absolute Gasteiger partial charge is 0.317 e. The topological polar surface area (TPSA) is 24.4 Å². The van der Waals surface area contributed by atoms with Crippen molar-refractivity contribution in [3.05, 3.63) is 0 Å². The first kappa shape index (κ1) is 7.29. The van der Waals surface area contributed by atoms with Crippen LogP contribution in [0.3, 0.4) is 0 Å². The van der Waals surface area contributed by atoms with Gasteiger partial charge in [-0.1, -0.05) is 0 Å². The standard InChI is InChI=1S/C9H16N2/c1-8-9(4-7-11-8)2-5-10-6-3-9/h10H,2-7H2,1H3. The van der Waals surface area contributed by atoms with Crippen molar-refractivity contribution in [3.63, 3.8) is 0 Å². The molecule has 11 heavy (non-hydrogen) atoms. The molecular formula is C9H16N2.